The Labute approximate surface area is 191 Å². The highest BCUT2D eigenvalue weighted by atomic mass is 79.9. The molecule has 4 rings (SSSR count). The predicted molar refractivity (Wildman–Crippen MR) is 125 cm³/mol. The average Bonchev–Trinajstić information content (AvgIpc) is 2.82. The van der Waals surface area contributed by atoms with Crippen molar-refractivity contribution in [3.63, 3.8) is 0 Å². The van der Waals surface area contributed by atoms with E-state index in [1.54, 1.807) is 58.6 Å². The van der Waals surface area contributed by atoms with E-state index in [4.69, 9.17) is 5.21 Å². The molecule has 2 N–H and O–H groups in total. The van der Waals surface area contributed by atoms with E-state index in [2.05, 4.69) is 15.9 Å². The van der Waals surface area contributed by atoms with Gasteiger partial charge in [0, 0.05) is 16.6 Å². The third-order valence-electron chi connectivity index (χ3n) is 5.33. The molecule has 32 heavy (non-hydrogen) atoms. The lowest BCUT2D eigenvalue weighted by atomic mass is 10.1. The summed E-state index contributed by atoms with van der Waals surface area (Å²) in [6, 6.07) is 21.4. The first-order chi connectivity index (χ1) is 15.5. The molecule has 0 bridgehead atoms. The second kappa shape index (κ2) is 9.33. The maximum atomic E-state index is 13.3. The summed E-state index contributed by atoms with van der Waals surface area (Å²) in [5, 5.41) is 9.24. The molecule has 1 aromatic heterocycles. The highest BCUT2D eigenvalue weighted by Gasteiger charge is 2.14. The van der Waals surface area contributed by atoms with E-state index in [-0.39, 0.29) is 24.3 Å². The Kier molecular flexibility index (Phi) is 6.34. The van der Waals surface area contributed by atoms with Crippen molar-refractivity contribution in [1.29, 1.82) is 0 Å². The van der Waals surface area contributed by atoms with Crippen molar-refractivity contribution >= 4 is 32.7 Å². The van der Waals surface area contributed by atoms with E-state index in [9.17, 15) is 14.4 Å². The van der Waals surface area contributed by atoms with E-state index in [0.29, 0.717) is 22.9 Å². The number of nitrogens with one attached hydrogen (secondary N) is 1. The van der Waals surface area contributed by atoms with Crippen LogP contribution in [-0.4, -0.2) is 20.2 Å². The van der Waals surface area contributed by atoms with Crippen molar-refractivity contribution < 1.29 is 10.0 Å². The quantitative estimate of drug-likeness (QED) is 0.318. The highest BCUT2D eigenvalue weighted by molar-refractivity contribution is 9.10. The topological polar surface area (TPSA) is 93.3 Å². The van der Waals surface area contributed by atoms with Gasteiger partial charge in [-0.15, -0.1) is 0 Å². The number of benzene rings is 3. The van der Waals surface area contributed by atoms with Gasteiger partial charge in [-0.2, -0.15) is 0 Å². The van der Waals surface area contributed by atoms with Crippen LogP contribution in [0, 0.1) is 0 Å². The fourth-order valence-electron chi connectivity index (χ4n) is 3.62. The minimum absolute atomic E-state index is 0.235. The molecule has 1 amide bonds. The van der Waals surface area contributed by atoms with Crippen LogP contribution in [0.3, 0.4) is 0 Å². The molecule has 0 saturated heterocycles. The number of nitrogens with zero attached hydrogens (tertiary/aromatic N) is 2. The van der Waals surface area contributed by atoms with Gasteiger partial charge in [0.15, 0.2) is 0 Å². The monoisotopic (exact) mass is 493 g/mol. The lowest BCUT2D eigenvalue weighted by molar-refractivity contribution is 0.0706. The number of hydrogen-bond acceptors (Lipinski definition) is 4. The first-order valence-electron chi connectivity index (χ1n) is 9.98. The molecule has 0 radical (unpaired) electrons. The molecule has 8 heteroatoms. The van der Waals surface area contributed by atoms with Gasteiger partial charge in [-0.05, 0) is 53.9 Å². The van der Waals surface area contributed by atoms with Crippen LogP contribution < -0.4 is 16.7 Å². The third kappa shape index (κ3) is 4.42. The Hall–Kier alpha value is -3.49. The van der Waals surface area contributed by atoms with E-state index in [1.165, 1.54) is 4.57 Å². The third-order valence-corrected chi connectivity index (χ3v) is 5.86. The van der Waals surface area contributed by atoms with Gasteiger partial charge in [0.25, 0.3) is 11.5 Å². The molecular formula is C24H20BrN3O4. The molecule has 0 unspecified atom stereocenters. The van der Waals surface area contributed by atoms with Crippen LogP contribution >= 0.6 is 15.9 Å². The fraction of sp³-hybridized carbons (Fsp3) is 0.125. The minimum Gasteiger partial charge on any atom is -0.289 e. The second-order valence-electron chi connectivity index (χ2n) is 7.36. The molecule has 1 heterocycles. The number of carbonyl (C=O) groups is 1. The summed E-state index contributed by atoms with van der Waals surface area (Å²) in [5.74, 6) is -0.611. The summed E-state index contributed by atoms with van der Waals surface area (Å²) in [6.07, 6.45) is 0.547. The van der Waals surface area contributed by atoms with Crippen molar-refractivity contribution in [2.45, 2.75) is 19.5 Å². The lowest BCUT2D eigenvalue weighted by Crippen LogP contribution is -2.40. The number of aryl methyl sites for hydroxylation is 1. The van der Waals surface area contributed by atoms with Crippen molar-refractivity contribution in [3.8, 4) is 0 Å². The van der Waals surface area contributed by atoms with Gasteiger partial charge in [-0.1, -0.05) is 52.3 Å². The summed E-state index contributed by atoms with van der Waals surface area (Å²) in [7, 11) is 0. The molecule has 4 aromatic rings. The van der Waals surface area contributed by atoms with Crippen LogP contribution in [0.5, 0.6) is 0 Å². The van der Waals surface area contributed by atoms with Crippen molar-refractivity contribution in [2.24, 2.45) is 0 Å². The lowest BCUT2D eigenvalue weighted by Gasteiger charge is -2.14. The summed E-state index contributed by atoms with van der Waals surface area (Å²) in [4.78, 5) is 37.9. The van der Waals surface area contributed by atoms with Crippen LogP contribution in [0.15, 0.2) is 86.9 Å². The first kappa shape index (κ1) is 21.7. The van der Waals surface area contributed by atoms with Gasteiger partial charge in [0.1, 0.15) is 0 Å². The van der Waals surface area contributed by atoms with Gasteiger partial charge < -0.3 is 0 Å². The zero-order valence-electron chi connectivity index (χ0n) is 17.0. The Balaban J connectivity index is 1.73. The molecule has 0 atom stereocenters. The summed E-state index contributed by atoms with van der Waals surface area (Å²) in [5.41, 5.74) is 3.56. The zero-order valence-corrected chi connectivity index (χ0v) is 18.6. The molecular weight excluding hydrogens is 474 g/mol. The zero-order chi connectivity index (χ0) is 22.7. The maximum Gasteiger partial charge on any atom is 0.331 e. The van der Waals surface area contributed by atoms with E-state index in [0.717, 1.165) is 15.6 Å². The van der Waals surface area contributed by atoms with E-state index in [1.807, 2.05) is 24.3 Å². The molecule has 0 fully saturated rings. The van der Waals surface area contributed by atoms with Gasteiger partial charge in [0.2, 0.25) is 0 Å². The standard InChI is InChI=1S/C24H20BrN3O4/c25-19-11-7-16(8-12-19)13-14-27-23(30)20-3-1-2-4-21(20)28(24(27)31)15-17-5-9-18(10-6-17)22(29)26-32/h1-12,32H,13-15H2,(H,26,29). The SMILES string of the molecule is O=C(NO)c1ccc(Cn2c(=O)n(CCc3ccc(Br)cc3)c(=O)c3ccccc32)cc1. The van der Waals surface area contributed by atoms with E-state index >= 15 is 0 Å². The number of hydrogen-bond donors (Lipinski definition) is 2. The van der Waals surface area contributed by atoms with Crippen LogP contribution in [0.2, 0.25) is 0 Å². The van der Waals surface area contributed by atoms with E-state index < -0.39 is 5.91 Å². The van der Waals surface area contributed by atoms with Crippen molar-refractivity contribution in [2.75, 3.05) is 0 Å². The van der Waals surface area contributed by atoms with Gasteiger partial charge in [0.05, 0.1) is 17.4 Å². The smallest absolute Gasteiger partial charge is 0.289 e. The van der Waals surface area contributed by atoms with Crippen LogP contribution in [0.4, 0.5) is 0 Å². The first-order valence-corrected chi connectivity index (χ1v) is 10.8. The largest absolute Gasteiger partial charge is 0.331 e. The summed E-state index contributed by atoms with van der Waals surface area (Å²) in [6.45, 7) is 0.499. The number of carbonyl (C=O) groups excluding carboxylic acids is 1. The molecule has 0 aliphatic carbocycles. The molecule has 0 spiro atoms. The molecule has 0 saturated carbocycles. The Morgan fingerprint density at radius 2 is 1.53 bits per heavy atom. The number of halogens is 1. The van der Waals surface area contributed by atoms with Gasteiger partial charge in [-0.25, -0.2) is 10.3 Å². The molecule has 0 aliphatic heterocycles. The maximum absolute atomic E-state index is 13.3. The Morgan fingerprint density at radius 1 is 0.875 bits per heavy atom. The Bertz CT molecular complexity index is 1390. The number of hydroxylamine groups is 1. The predicted octanol–water partition coefficient (Wildman–Crippen LogP) is 3.34. The molecule has 3 aromatic carbocycles. The highest BCUT2D eigenvalue weighted by Crippen LogP contribution is 2.13. The minimum atomic E-state index is -0.611. The number of amides is 1. The summed E-state index contributed by atoms with van der Waals surface area (Å²) >= 11 is 3.41. The molecule has 7 nitrogen and oxygen atoms in total. The second-order valence-corrected chi connectivity index (χ2v) is 8.27. The molecule has 162 valence electrons. The number of aromatic nitrogens is 2. The fourth-order valence-corrected chi connectivity index (χ4v) is 3.89. The number of rotatable bonds is 6. The normalized spacial score (nSPS) is 10.9. The molecule has 0 aliphatic rings. The Morgan fingerprint density at radius 3 is 2.22 bits per heavy atom. The van der Waals surface area contributed by atoms with Gasteiger partial charge in [-0.3, -0.25) is 23.9 Å². The number of fused-ring (bicyclic) bond motifs is 1. The average molecular weight is 494 g/mol. The van der Waals surface area contributed by atoms with Crippen LogP contribution in [0.25, 0.3) is 10.9 Å². The van der Waals surface area contributed by atoms with Crippen LogP contribution in [0.1, 0.15) is 21.5 Å². The van der Waals surface area contributed by atoms with Gasteiger partial charge >= 0.3 is 5.69 Å². The van der Waals surface area contributed by atoms with Crippen molar-refractivity contribution in [3.05, 3.63) is 115 Å². The summed E-state index contributed by atoms with van der Waals surface area (Å²) < 4.78 is 3.81. The number of para-hydroxylation sites is 1. The van der Waals surface area contributed by atoms with Crippen LogP contribution in [-0.2, 0) is 19.5 Å². The van der Waals surface area contributed by atoms with Crippen molar-refractivity contribution in [1.82, 2.24) is 14.6 Å².